The number of carbonyl (C=O) groups is 1. The summed E-state index contributed by atoms with van der Waals surface area (Å²) < 4.78 is 5.93. The second-order valence-corrected chi connectivity index (χ2v) is 6.72. The van der Waals surface area contributed by atoms with E-state index < -0.39 is 0 Å². The summed E-state index contributed by atoms with van der Waals surface area (Å²) in [7, 11) is 3.89. The first-order valence-corrected chi connectivity index (χ1v) is 9.14. The Bertz CT molecular complexity index is 886. The van der Waals surface area contributed by atoms with Gasteiger partial charge in [-0.3, -0.25) is 0 Å². The fraction of sp³-hybridized carbons (Fsp3) is 0.333. The molecule has 0 fully saturated rings. The Labute approximate surface area is 159 Å². The topological polar surface area (TPSA) is 61.6 Å². The van der Waals surface area contributed by atoms with Crippen molar-refractivity contribution in [3.63, 3.8) is 0 Å². The third kappa shape index (κ3) is 4.22. The van der Waals surface area contributed by atoms with Crippen LogP contribution in [0.4, 0.5) is 10.6 Å². The van der Waals surface area contributed by atoms with Gasteiger partial charge in [0.25, 0.3) is 0 Å². The van der Waals surface area contributed by atoms with Gasteiger partial charge in [0.1, 0.15) is 17.2 Å². The van der Waals surface area contributed by atoms with Gasteiger partial charge in [0.2, 0.25) is 0 Å². The van der Waals surface area contributed by atoms with Gasteiger partial charge in [0.15, 0.2) is 0 Å². The molecule has 1 aromatic carbocycles. The average Bonchev–Trinajstić information content (AvgIpc) is 3.11. The number of anilines is 1. The number of furan rings is 1. The summed E-state index contributed by atoms with van der Waals surface area (Å²) in [6.45, 7) is 4.99. The minimum Gasteiger partial charge on any atom is -0.459 e. The summed E-state index contributed by atoms with van der Waals surface area (Å²) >= 11 is 0. The number of fused-ring (bicyclic) bond motifs is 1. The summed E-state index contributed by atoms with van der Waals surface area (Å²) in [4.78, 5) is 20.7. The molecule has 0 aliphatic heterocycles. The zero-order valence-electron chi connectivity index (χ0n) is 16.3. The SMILES string of the molecule is CCN(C(=O)NCc1ccnc(N(C)C)c1)C(C)c1cc2ccccc2o1. The summed E-state index contributed by atoms with van der Waals surface area (Å²) in [6, 6.07) is 13.5. The van der Waals surface area contributed by atoms with Crippen molar-refractivity contribution in [3.8, 4) is 0 Å². The van der Waals surface area contributed by atoms with E-state index in [1.807, 2.05) is 75.3 Å². The minimum atomic E-state index is -0.155. The van der Waals surface area contributed by atoms with E-state index in [0.717, 1.165) is 28.1 Å². The standard InChI is InChI=1S/C21H26N4O2/c1-5-25(15(2)19-13-17-8-6-7-9-18(17)27-19)21(26)23-14-16-10-11-22-20(12-16)24(3)4/h6-13,15H,5,14H2,1-4H3,(H,23,26). The fourth-order valence-electron chi connectivity index (χ4n) is 3.05. The highest BCUT2D eigenvalue weighted by Crippen LogP contribution is 2.27. The average molecular weight is 366 g/mol. The fourth-order valence-corrected chi connectivity index (χ4v) is 3.05. The number of carbonyl (C=O) groups excluding carboxylic acids is 1. The van der Waals surface area contributed by atoms with Crippen LogP contribution >= 0.6 is 0 Å². The van der Waals surface area contributed by atoms with E-state index in [9.17, 15) is 4.79 Å². The van der Waals surface area contributed by atoms with Gasteiger partial charge in [0.05, 0.1) is 6.04 Å². The maximum Gasteiger partial charge on any atom is 0.318 e. The molecule has 0 aliphatic rings. The van der Waals surface area contributed by atoms with E-state index in [4.69, 9.17) is 4.42 Å². The number of para-hydroxylation sites is 1. The summed E-state index contributed by atoms with van der Waals surface area (Å²) in [5, 5.41) is 4.04. The van der Waals surface area contributed by atoms with Crippen LogP contribution in [0.1, 0.15) is 31.2 Å². The van der Waals surface area contributed by atoms with Crippen molar-refractivity contribution in [2.75, 3.05) is 25.5 Å². The number of hydrogen-bond acceptors (Lipinski definition) is 4. The molecular weight excluding hydrogens is 340 g/mol. The number of nitrogens with zero attached hydrogens (tertiary/aromatic N) is 3. The molecule has 2 heterocycles. The van der Waals surface area contributed by atoms with E-state index >= 15 is 0 Å². The molecule has 27 heavy (non-hydrogen) atoms. The molecule has 0 bridgehead atoms. The molecule has 0 saturated heterocycles. The molecule has 0 spiro atoms. The molecule has 2 aromatic heterocycles. The summed E-state index contributed by atoms with van der Waals surface area (Å²) in [5.41, 5.74) is 1.85. The Balaban J connectivity index is 1.69. The molecular formula is C21H26N4O2. The molecule has 3 rings (SSSR count). The van der Waals surface area contributed by atoms with Gasteiger partial charge in [-0.25, -0.2) is 9.78 Å². The summed E-state index contributed by atoms with van der Waals surface area (Å²) in [5.74, 6) is 1.65. The van der Waals surface area contributed by atoms with Gasteiger partial charge in [-0.1, -0.05) is 18.2 Å². The van der Waals surface area contributed by atoms with Crippen LogP contribution in [0, 0.1) is 0 Å². The number of benzene rings is 1. The number of amides is 2. The van der Waals surface area contributed by atoms with Gasteiger partial charge in [-0.2, -0.15) is 0 Å². The van der Waals surface area contributed by atoms with Crippen LogP contribution in [0.25, 0.3) is 11.0 Å². The van der Waals surface area contributed by atoms with Crippen LogP contribution in [-0.4, -0.2) is 36.6 Å². The highest BCUT2D eigenvalue weighted by atomic mass is 16.3. The van der Waals surface area contributed by atoms with Crippen LogP contribution in [0.2, 0.25) is 0 Å². The Hall–Kier alpha value is -3.02. The van der Waals surface area contributed by atoms with E-state index in [0.29, 0.717) is 13.1 Å². The largest absolute Gasteiger partial charge is 0.459 e. The van der Waals surface area contributed by atoms with Crippen molar-refractivity contribution >= 4 is 22.8 Å². The molecule has 6 nitrogen and oxygen atoms in total. The first kappa shape index (κ1) is 18.8. The second-order valence-electron chi connectivity index (χ2n) is 6.72. The zero-order chi connectivity index (χ0) is 19.4. The first-order chi connectivity index (χ1) is 13.0. The monoisotopic (exact) mass is 366 g/mol. The molecule has 142 valence electrons. The van der Waals surface area contributed by atoms with Crippen molar-refractivity contribution in [2.24, 2.45) is 0 Å². The lowest BCUT2D eigenvalue weighted by Gasteiger charge is -2.27. The summed E-state index contributed by atoms with van der Waals surface area (Å²) in [6.07, 6.45) is 1.76. The smallest absolute Gasteiger partial charge is 0.318 e. The normalized spacial score (nSPS) is 12.0. The van der Waals surface area contributed by atoms with Crippen molar-refractivity contribution in [1.29, 1.82) is 0 Å². The van der Waals surface area contributed by atoms with E-state index in [2.05, 4.69) is 10.3 Å². The number of aromatic nitrogens is 1. The van der Waals surface area contributed by atoms with Crippen LogP contribution in [0.3, 0.4) is 0 Å². The molecule has 3 aromatic rings. The lowest BCUT2D eigenvalue weighted by Crippen LogP contribution is -2.40. The predicted octanol–water partition coefficient (Wildman–Crippen LogP) is 4.19. The van der Waals surface area contributed by atoms with Gasteiger partial charge in [-0.05, 0) is 43.7 Å². The molecule has 6 heteroatoms. The third-order valence-electron chi connectivity index (χ3n) is 4.64. The van der Waals surface area contributed by atoms with Crippen LogP contribution < -0.4 is 10.2 Å². The molecule has 1 N–H and O–H groups in total. The van der Waals surface area contributed by atoms with Crippen molar-refractivity contribution in [3.05, 3.63) is 60.0 Å². The van der Waals surface area contributed by atoms with Crippen molar-refractivity contribution < 1.29 is 9.21 Å². The predicted molar refractivity (Wildman–Crippen MR) is 108 cm³/mol. The number of rotatable bonds is 6. The van der Waals surface area contributed by atoms with Gasteiger partial charge in [-0.15, -0.1) is 0 Å². The minimum absolute atomic E-state index is 0.117. The first-order valence-electron chi connectivity index (χ1n) is 9.14. The van der Waals surface area contributed by atoms with Crippen molar-refractivity contribution in [1.82, 2.24) is 15.2 Å². The number of urea groups is 1. The quantitative estimate of drug-likeness (QED) is 0.711. The van der Waals surface area contributed by atoms with Gasteiger partial charge >= 0.3 is 6.03 Å². The Morgan fingerprint density at radius 2 is 2.00 bits per heavy atom. The maximum atomic E-state index is 12.7. The molecule has 2 amide bonds. The highest BCUT2D eigenvalue weighted by molar-refractivity contribution is 5.78. The number of nitrogens with one attached hydrogen (secondary N) is 1. The van der Waals surface area contributed by atoms with E-state index in [1.165, 1.54) is 0 Å². The molecule has 0 aliphatic carbocycles. The third-order valence-corrected chi connectivity index (χ3v) is 4.64. The molecule has 0 saturated carbocycles. The maximum absolute atomic E-state index is 12.7. The lowest BCUT2D eigenvalue weighted by atomic mass is 10.2. The van der Waals surface area contributed by atoms with Gasteiger partial charge < -0.3 is 19.5 Å². The van der Waals surface area contributed by atoms with Crippen LogP contribution in [0.5, 0.6) is 0 Å². The lowest BCUT2D eigenvalue weighted by molar-refractivity contribution is 0.175. The molecule has 1 atom stereocenters. The number of pyridine rings is 1. The van der Waals surface area contributed by atoms with E-state index in [1.54, 1.807) is 11.1 Å². The zero-order valence-corrected chi connectivity index (χ0v) is 16.3. The highest BCUT2D eigenvalue weighted by Gasteiger charge is 2.22. The Kier molecular flexibility index (Phi) is 5.64. The molecule has 0 radical (unpaired) electrons. The Morgan fingerprint density at radius 1 is 1.22 bits per heavy atom. The molecule has 1 unspecified atom stereocenters. The number of hydrogen-bond donors (Lipinski definition) is 1. The Morgan fingerprint density at radius 3 is 2.70 bits per heavy atom. The van der Waals surface area contributed by atoms with Crippen molar-refractivity contribution in [2.45, 2.75) is 26.4 Å². The second kappa shape index (κ2) is 8.12. The van der Waals surface area contributed by atoms with E-state index in [-0.39, 0.29) is 12.1 Å². The van der Waals surface area contributed by atoms with Gasteiger partial charge in [0, 0.05) is 38.8 Å². The van der Waals surface area contributed by atoms with Crippen LogP contribution in [-0.2, 0) is 6.54 Å². The van der Waals surface area contributed by atoms with Crippen LogP contribution in [0.15, 0.2) is 53.1 Å².